The zero-order valence-corrected chi connectivity index (χ0v) is 28.3. The van der Waals surface area contributed by atoms with Gasteiger partial charge in [0.15, 0.2) is 5.78 Å². The van der Waals surface area contributed by atoms with Crippen molar-refractivity contribution in [3.8, 4) is 0 Å². The van der Waals surface area contributed by atoms with Crippen LogP contribution in [-0.2, 0) is 11.2 Å². The number of carbonyl (C=O) groups excluding carboxylic acids is 2. The number of Topliss-reactive ketones (excluding diaryl/α,β-unsaturated/α-hetero) is 1. The van der Waals surface area contributed by atoms with Gasteiger partial charge in [-0.2, -0.15) is 0 Å². The van der Waals surface area contributed by atoms with Gasteiger partial charge in [-0.05, 0) is 86.2 Å². The highest BCUT2D eigenvalue weighted by molar-refractivity contribution is 7.09. The van der Waals surface area contributed by atoms with Gasteiger partial charge in [0.1, 0.15) is 5.82 Å². The second-order valence-corrected chi connectivity index (χ2v) is 14.9. The summed E-state index contributed by atoms with van der Waals surface area (Å²) in [6.45, 7) is 17.1. The number of nitrogens with zero attached hydrogens (tertiary/aromatic N) is 3. The number of nitrogens with one attached hydrogen (secondary N) is 1. The standard InChI is InChI=1S/C36H54N4O2S/c1-7-29(8-2)40-32-16-15-27(21-31(32)38-34(40)23-30-14-13-19-43-30)33(41)22-28(20-26(3)4)35(42)37-24-36(5,6)25-39-17-11-9-10-12-18-39/h13-16,19,21,26,28-29H,7-12,17-18,20,22-25H2,1-6H3,(H,37,42)/t28-/m1/s1. The summed E-state index contributed by atoms with van der Waals surface area (Å²) >= 11 is 1.75. The summed E-state index contributed by atoms with van der Waals surface area (Å²) in [6.07, 6.45) is 8.93. The number of aromatic nitrogens is 2. The first-order valence-corrected chi connectivity index (χ1v) is 17.5. The zero-order chi connectivity index (χ0) is 31.0. The van der Waals surface area contributed by atoms with Gasteiger partial charge in [0, 0.05) is 48.3 Å². The number of likely N-dealkylation sites (tertiary alicyclic amines) is 1. The number of fused-ring (bicyclic) bond motifs is 1. The Morgan fingerprint density at radius 2 is 1.77 bits per heavy atom. The van der Waals surface area contributed by atoms with Gasteiger partial charge in [-0.15, -0.1) is 11.3 Å². The lowest BCUT2D eigenvalue weighted by Crippen LogP contribution is -2.44. The highest BCUT2D eigenvalue weighted by atomic mass is 32.1. The van der Waals surface area contributed by atoms with Gasteiger partial charge < -0.3 is 14.8 Å². The minimum atomic E-state index is -0.339. The third-order valence-corrected chi connectivity index (χ3v) is 9.83. The number of carbonyl (C=O) groups is 2. The lowest BCUT2D eigenvalue weighted by atomic mass is 9.88. The van der Waals surface area contributed by atoms with Crippen molar-refractivity contribution in [3.05, 3.63) is 52.0 Å². The largest absolute Gasteiger partial charge is 0.355 e. The molecule has 0 bridgehead atoms. The van der Waals surface area contributed by atoms with E-state index in [1.54, 1.807) is 11.3 Å². The lowest BCUT2D eigenvalue weighted by molar-refractivity contribution is -0.126. The lowest BCUT2D eigenvalue weighted by Gasteiger charge is -2.32. The predicted octanol–water partition coefficient (Wildman–Crippen LogP) is 8.30. The minimum absolute atomic E-state index is 0.00307. The van der Waals surface area contributed by atoms with E-state index in [0.717, 1.165) is 55.8 Å². The van der Waals surface area contributed by atoms with Gasteiger partial charge in [-0.25, -0.2) is 4.98 Å². The van der Waals surface area contributed by atoms with Crippen molar-refractivity contribution < 1.29 is 9.59 Å². The van der Waals surface area contributed by atoms with Gasteiger partial charge in [-0.1, -0.05) is 60.5 Å². The monoisotopic (exact) mass is 606 g/mol. The second kappa shape index (κ2) is 15.5. The molecule has 3 aromatic rings. The number of thiophene rings is 1. The Morgan fingerprint density at radius 1 is 1.05 bits per heavy atom. The number of ketones is 1. The van der Waals surface area contributed by atoms with Crippen LogP contribution in [0.2, 0.25) is 0 Å². The van der Waals surface area contributed by atoms with Crippen LogP contribution in [0.1, 0.15) is 120 Å². The van der Waals surface area contributed by atoms with Gasteiger partial charge in [0.05, 0.1) is 11.0 Å². The molecule has 0 saturated carbocycles. The van der Waals surface area contributed by atoms with Gasteiger partial charge in [0.25, 0.3) is 0 Å². The van der Waals surface area contributed by atoms with Crippen molar-refractivity contribution in [3.63, 3.8) is 0 Å². The van der Waals surface area contributed by atoms with Crippen LogP contribution in [0.4, 0.5) is 0 Å². The number of rotatable bonds is 15. The van der Waals surface area contributed by atoms with Crippen LogP contribution in [-0.4, -0.2) is 52.3 Å². The summed E-state index contributed by atoms with van der Waals surface area (Å²) in [5.41, 5.74) is 2.57. The molecule has 0 radical (unpaired) electrons. The zero-order valence-electron chi connectivity index (χ0n) is 27.5. The van der Waals surface area contributed by atoms with Crippen LogP contribution >= 0.6 is 11.3 Å². The molecule has 6 nitrogen and oxygen atoms in total. The van der Waals surface area contributed by atoms with Gasteiger partial charge in [0.2, 0.25) is 5.91 Å². The van der Waals surface area contributed by atoms with E-state index >= 15 is 0 Å². The summed E-state index contributed by atoms with van der Waals surface area (Å²) in [5.74, 6) is 1.06. The predicted molar refractivity (Wildman–Crippen MR) is 180 cm³/mol. The smallest absolute Gasteiger partial charge is 0.223 e. The normalized spacial score (nSPS) is 15.7. The number of benzene rings is 1. The summed E-state index contributed by atoms with van der Waals surface area (Å²) in [5, 5.41) is 5.35. The number of hydrogen-bond donors (Lipinski definition) is 1. The molecular weight excluding hydrogens is 552 g/mol. The quantitative estimate of drug-likeness (QED) is 0.177. The third-order valence-electron chi connectivity index (χ3n) is 8.95. The average molecular weight is 607 g/mol. The average Bonchev–Trinajstić information content (AvgIpc) is 3.52. The second-order valence-electron chi connectivity index (χ2n) is 13.9. The van der Waals surface area contributed by atoms with E-state index in [1.165, 1.54) is 30.6 Å². The van der Waals surface area contributed by atoms with Crippen molar-refractivity contribution in [2.75, 3.05) is 26.2 Å². The molecule has 0 spiro atoms. The fourth-order valence-electron chi connectivity index (χ4n) is 6.70. The van der Waals surface area contributed by atoms with Gasteiger partial charge in [-0.3, -0.25) is 9.59 Å². The summed E-state index contributed by atoms with van der Waals surface area (Å²) < 4.78 is 2.38. The van der Waals surface area contributed by atoms with E-state index in [0.29, 0.717) is 30.5 Å². The Labute approximate surface area is 263 Å². The van der Waals surface area contributed by atoms with Crippen molar-refractivity contribution >= 4 is 34.1 Å². The van der Waals surface area contributed by atoms with Crippen LogP contribution in [0, 0.1) is 17.3 Å². The van der Waals surface area contributed by atoms with Crippen LogP contribution in [0.5, 0.6) is 0 Å². The third kappa shape index (κ3) is 9.24. The Kier molecular flexibility index (Phi) is 12.0. The number of amides is 1. The Balaban J connectivity index is 1.47. The molecule has 0 aliphatic carbocycles. The maximum absolute atomic E-state index is 13.7. The highest BCUT2D eigenvalue weighted by Gasteiger charge is 2.28. The van der Waals surface area contributed by atoms with E-state index in [9.17, 15) is 9.59 Å². The molecule has 1 fully saturated rings. The molecule has 7 heteroatoms. The SMILES string of the molecule is CCC(CC)n1c(Cc2cccs2)nc2cc(C(=O)C[C@@H](CC(C)C)C(=O)NCC(C)(C)CN3CCCCCC3)ccc21. The molecule has 4 rings (SSSR count). The molecule has 236 valence electrons. The molecule has 1 amide bonds. The Hall–Kier alpha value is -2.51. The van der Waals surface area contributed by atoms with E-state index in [1.807, 2.05) is 12.1 Å². The molecule has 1 aromatic carbocycles. The fourth-order valence-corrected chi connectivity index (χ4v) is 7.40. The minimum Gasteiger partial charge on any atom is -0.355 e. The molecule has 3 heterocycles. The summed E-state index contributed by atoms with van der Waals surface area (Å²) in [4.78, 5) is 36.1. The van der Waals surface area contributed by atoms with E-state index in [4.69, 9.17) is 4.98 Å². The number of hydrogen-bond acceptors (Lipinski definition) is 5. The van der Waals surface area contributed by atoms with E-state index in [2.05, 4.69) is 79.9 Å². The molecule has 1 N–H and O–H groups in total. The molecular formula is C36H54N4O2S. The first-order valence-electron chi connectivity index (χ1n) is 16.7. The van der Waals surface area contributed by atoms with Gasteiger partial charge >= 0.3 is 0 Å². The van der Waals surface area contributed by atoms with E-state index in [-0.39, 0.29) is 29.4 Å². The first kappa shape index (κ1) is 33.4. The van der Waals surface area contributed by atoms with Crippen molar-refractivity contribution in [1.82, 2.24) is 19.8 Å². The maximum Gasteiger partial charge on any atom is 0.223 e. The first-order chi connectivity index (χ1) is 20.6. The summed E-state index contributed by atoms with van der Waals surface area (Å²) in [7, 11) is 0. The van der Waals surface area contributed by atoms with Crippen LogP contribution < -0.4 is 5.32 Å². The number of imidazole rings is 1. The molecule has 1 aliphatic rings. The fraction of sp³-hybridized carbons (Fsp3) is 0.639. The van der Waals surface area contributed by atoms with Crippen LogP contribution in [0.15, 0.2) is 35.7 Å². The topological polar surface area (TPSA) is 67.2 Å². The van der Waals surface area contributed by atoms with Crippen molar-refractivity contribution in [1.29, 1.82) is 0 Å². The Morgan fingerprint density at radius 3 is 2.40 bits per heavy atom. The molecule has 2 aromatic heterocycles. The molecule has 0 unspecified atom stereocenters. The Bertz CT molecular complexity index is 1310. The molecule has 1 saturated heterocycles. The molecule has 1 aliphatic heterocycles. The maximum atomic E-state index is 13.7. The van der Waals surface area contributed by atoms with E-state index < -0.39 is 0 Å². The molecule has 1 atom stereocenters. The van der Waals surface area contributed by atoms with Crippen molar-refractivity contribution in [2.45, 2.75) is 105 Å². The molecule has 43 heavy (non-hydrogen) atoms. The van der Waals surface area contributed by atoms with Crippen molar-refractivity contribution in [2.24, 2.45) is 17.3 Å². The van der Waals surface area contributed by atoms with Crippen LogP contribution in [0.3, 0.4) is 0 Å². The summed E-state index contributed by atoms with van der Waals surface area (Å²) in [6, 6.07) is 10.6. The van der Waals surface area contributed by atoms with Crippen LogP contribution in [0.25, 0.3) is 11.0 Å². The highest BCUT2D eigenvalue weighted by Crippen LogP contribution is 2.29.